The van der Waals surface area contributed by atoms with E-state index in [-0.39, 0.29) is 17.1 Å². The van der Waals surface area contributed by atoms with E-state index in [0.717, 1.165) is 0 Å². The molecule has 25 heavy (non-hydrogen) atoms. The monoisotopic (exact) mass is 363 g/mol. The zero-order valence-corrected chi connectivity index (χ0v) is 14.5. The Kier molecular flexibility index (Phi) is 5.76. The number of carbonyl (C=O) groups is 2. The molecule has 0 atom stereocenters. The number of methoxy groups -OCH3 is 1. The summed E-state index contributed by atoms with van der Waals surface area (Å²) < 4.78 is 36.7. The molecule has 2 aromatic carbocycles. The number of hydrogen-bond acceptors (Lipinski definition) is 6. The lowest BCUT2D eigenvalue weighted by Gasteiger charge is -2.10. The van der Waals surface area contributed by atoms with Crippen molar-refractivity contribution in [3.05, 3.63) is 54.1 Å². The molecule has 0 unspecified atom stereocenters. The van der Waals surface area contributed by atoms with Gasteiger partial charge in [-0.05, 0) is 42.0 Å². The Bertz CT molecular complexity index is 874. The molecule has 0 aliphatic heterocycles. The molecule has 0 aromatic heterocycles. The van der Waals surface area contributed by atoms with E-state index in [4.69, 9.17) is 4.74 Å². The van der Waals surface area contributed by atoms with Gasteiger partial charge in [0, 0.05) is 12.6 Å². The molecule has 7 nitrogen and oxygen atoms in total. The number of benzene rings is 2. The summed E-state index contributed by atoms with van der Waals surface area (Å²) in [5.41, 5.74) is 0.947. The fourth-order valence-corrected chi connectivity index (χ4v) is 3.10. The molecular formula is C17H17NO6S. The van der Waals surface area contributed by atoms with Crippen molar-refractivity contribution in [2.45, 2.75) is 18.2 Å². The van der Waals surface area contributed by atoms with Crippen LogP contribution in [0.15, 0.2) is 53.4 Å². The second-order valence-corrected chi connectivity index (χ2v) is 6.81. The highest BCUT2D eigenvalue weighted by atomic mass is 32.2. The Labute approximate surface area is 145 Å². The standard InChI is InChI=1S/C17H17NO6S/c1-12(19)24-15-6-8-16(9-7-15)25(21,22)18-14-5-3-4-13(10-14)11-17(20)23-2/h3-10,18H,11H2,1-2H3. The van der Waals surface area contributed by atoms with E-state index < -0.39 is 22.0 Å². The highest BCUT2D eigenvalue weighted by molar-refractivity contribution is 7.92. The van der Waals surface area contributed by atoms with Crippen LogP contribution in [-0.2, 0) is 30.8 Å². The molecule has 0 saturated heterocycles. The van der Waals surface area contributed by atoms with Crippen molar-refractivity contribution in [3.63, 3.8) is 0 Å². The molecule has 0 aliphatic carbocycles. The van der Waals surface area contributed by atoms with Gasteiger partial charge in [0.2, 0.25) is 0 Å². The van der Waals surface area contributed by atoms with E-state index in [0.29, 0.717) is 11.3 Å². The van der Waals surface area contributed by atoms with Crippen LogP contribution >= 0.6 is 0 Å². The van der Waals surface area contributed by atoms with Crippen LogP contribution in [0.5, 0.6) is 5.75 Å². The fourth-order valence-electron chi connectivity index (χ4n) is 2.05. The summed E-state index contributed by atoms with van der Waals surface area (Å²) in [6, 6.07) is 11.9. The number of rotatable bonds is 6. The average molecular weight is 363 g/mol. The van der Waals surface area contributed by atoms with Crippen LogP contribution in [0.3, 0.4) is 0 Å². The summed E-state index contributed by atoms with van der Waals surface area (Å²) in [5, 5.41) is 0. The molecule has 0 amide bonds. The predicted octanol–water partition coefficient (Wildman–Crippen LogP) is 2.13. The van der Waals surface area contributed by atoms with Crippen molar-refractivity contribution in [2.24, 2.45) is 0 Å². The van der Waals surface area contributed by atoms with E-state index in [9.17, 15) is 18.0 Å². The minimum Gasteiger partial charge on any atom is -0.469 e. The average Bonchev–Trinajstić information content (AvgIpc) is 2.54. The zero-order valence-electron chi connectivity index (χ0n) is 13.7. The fraction of sp³-hybridized carbons (Fsp3) is 0.176. The Morgan fingerprint density at radius 2 is 1.76 bits per heavy atom. The minimum atomic E-state index is -3.82. The Morgan fingerprint density at radius 3 is 2.36 bits per heavy atom. The minimum absolute atomic E-state index is 0.0155. The second-order valence-electron chi connectivity index (χ2n) is 5.12. The first-order valence-electron chi connectivity index (χ1n) is 7.27. The third-order valence-electron chi connectivity index (χ3n) is 3.15. The first kappa shape index (κ1) is 18.5. The quantitative estimate of drug-likeness (QED) is 0.623. The van der Waals surface area contributed by atoms with E-state index in [1.807, 2.05) is 0 Å². The van der Waals surface area contributed by atoms with Gasteiger partial charge in [0.1, 0.15) is 5.75 Å². The van der Waals surface area contributed by atoms with Crippen molar-refractivity contribution in [1.82, 2.24) is 0 Å². The topological polar surface area (TPSA) is 98.8 Å². The number of nitrogens with one attached hydrogen (secondary N) is 1. The Morgan fingerprint density at radius 1 is 1.08 bits per heavy atom. The van der Waals surface area contributed by atoms with Gasteiger partial charge >= 0.3 is 11.9 Å². The van der Waals surface area contributed by atoms with Crippen molar-refractivity contribution < 1.29 is 27.5 Å². The summed E-state index contributed by atoms with van der Waals surface area (Å²) in [4.78, 5) is 22.2. The maximum Gasteiger partial charge on any atom is 0.309 e. The molecule has 1 N–H and O–H groups in total. The predicted molar refractivity (Wildman–Crippen MR) is 90.7 cm³/mol. The van der Waals surface area contributed by atoms with Crippen LogP contribution in [0, 0.1) is 0 Å². The summed E-state index contributed by atoms with van der Waals surface area (Å²) in [5.74, 6) is -0.649. The van der Waals surface area contributed by atoms with Crippen molar-refractivity contribution in [2.75, 3.05) is 11.8 Å². The first-order chi connectivity index (χ1) is 11.8. The van der Waals surface area contributed by atoms with E-state index in [1.54, 1.807) is 24.3 Å². The number of hydrogen-bond donors (Lipinski definition) is 1. The maximum absolute atomic E-state index is 12.4. The molecular weight excluding hydrogens is 346 g/mol. The summed E-state index contributed by atoms with van der Waals surface area (Å²) >= 11 is 0. The molecule has 0 spiro atoms. The van der Waals surface area contributed by atoms with Crippen LogP contribution < -0.4 is 9.46 Å². The Balaban J connectivity index is 2.16. The number of esters is 2. The smallest absolute Gasteiger partial charge is 0.309 e. The summed E-state index contributed by atoms with van der Waals surface area (Å²) in [7, 11) is -2.53. The highest BCUT2D eigenvalue weighted by Crippen LogP contribution is 2.20. The lowest BCUT2D eigenvalue weighted by atomic mass is 10.1. The van der Waals surface area contributed by atoms with Crippen LogP contribution in [-0.4, -0.2) is 27.5 Å². The summed E-state index contributed by atoms with van der Waals surface area (Å²) in [6.07, 6.45) is 0.0448. The molecule has 0 aliphatic rings. The normalized spacial score (nSPS) is 10.8. The van der Waals surface area contributed by atoms with Crippen molar-refractivity contribution in [1.29, 1.82) is 0 Å². The third kappa shape index (κ3) is 5.32. The van der Waals surface area contributed by atoms with Crippen LogP contribution in [0.4, 0.5) is 5.69 Å². The van der Waals surface area contributed by atoms with Gasteiger partial charge in [0.25, 0.3) is 10.0 Å². The number of ether oxygens (including phenoxy) is 2. The third-order valence-corrected chi connectivity index (χ3v) is 4.55. The van der Waals surface area contributed by atoms with Gasteiger partial charge < -0.3 is 9.47 Å². The van der Waals surface area contributed by atoms with Crippen LogP contribution in [0.2, 0.25) is 0 Å². The lowest BCUT2D eigenvalue weighted by molar-refractivity contribution is -0.139. The zero-order chi connectivity index (χ0) is 18.4. The largest absolute Gasteiger partial charge is 0.469 e. The van der Waals surface area contributed by atoms with E-state index >= 15 is 0 Å². The van der Waals surface area contributed by atoms with E-state index in [1.165, 1.54) is 38.3 Å². The second kappa shape index (κ2) is 7.80. The maximum atomic E-state index is 12.4. The number of carbonyl (C=O) groups excluding carboxylic acids is 2. The first-order valence-corrected chi connectivity index (χ1v) is 8.75. The van der Waals surface area contributed by atoms with E-state index in [2.05, 4.69) is 9.46 Å². The number of anilines is 1. The molecule has 2 aromatic rings. The molecule has 0 fully saturated rings. The lowest BCUT2D eigenvalue weighted by Crippen LogP contribution is -2.13. The SMILES string of the molecule is COC(=O)Cc1cccc(NS(=O)(=O)c2ccc(OC(C)=O)cc2)c1. The molecule has 8 heteroatoms. The molecule has 0 saturated carbocycles. The molecule has 0 radical (unpaired) electrons. The Hall–Kier alpha value is -2.87. The molecule has 0 bridgehead atoms. The van der Waals surface area contributed by atoms with Crippen molar-refractivity contribution in [3.8, 4) is 5.75 Å². The molecule has 0 heterocycles. The molecule has 2 rings (SSSR count). The highest BCUT2D eigenvalue weighted by Gasteiger charge is 2.15. The van der Waals surface area contributed by atoms with Gasteiger partial charge in [0.05, 0.1) is 18.4 Å². The van der Waals surface area contributed by atoms with Gasteiger partial charge in [-0.2, -0.15) is 0 Å². The van der Waals surface area contributed by atoms with Gasteiger partial charge in [-0.3, -0.25) is 14.3 Å². The summed E-state index contributed by atoms with van der Waals surface area (Å²) in [6.45, 7) is 1.26. The van der Waals surface area contributed by atoms with Gasteiger partial charge in [0.15, 0.2) is 0 Å². The van der Waals surface area contributed by atoms with Crippen LogP contribution in [0.1, 0.15) is 12.5 Å². The molecule has 132 valence electrons. The number of sulfonamides is 1. The van der Waals surface area contributed by atoms with Crippen molar-refractivity contribution >= 4 is 27.6 Å². The van der Waals surface area contributed by atoms with Gasteiger partial charge in [-0.25, -0.2) is 8.42 Å². The van der Waals surface area contributed by atoms with Gasteiger partial charge in [-0.15, -0.1) is 0 Å². The van der Waals surface area contributed by atoms with Crippen LogP contribution in [0.25, 0.3) is 0 Å². The van der Waals surface area contributed by atoms with Gasteiger partial charge in [-0.1, -0.05) is 12.1 Å².